The Bertz CT molecular complexity index is 718. The molecule has 8 nitrogen and oxygen atoms in total. The maximum absolute atomic E-state index is 12.5. The highest BCUT2D eigenvalue weighted by Gasteiger charge is 2.40. The third kappa shape index (κ3) is 4.04. The lowest BCUT2D eigenvalue weighted by molar-refractivity contribution is -0.124. The highest BCUT2D eigenvalue weighted by molar-refractivity contribution is 7.89. The van der Waals surface area contributed by atoms with Crippen molar-refractivity contribution in [2.75, 3.05) is 0 Å². The van der Waals surface area contributed by atoms with E-state index in [4.69, 9.17) is 5.73 Å². The number of rotatable bonds is 5. The van der Waals surface area contributed by atoms with E-state index >= 15 is 0 Å². The second-order valence-electron chi connectivity index (χ2n) is 7.41. The lowest BCUT2D eigenvalue weighted by Gasteiger charge is -2.45. The first-order valence-electron chi connectivity index (χ1n) is 8.83. The number of carbonyl (C=O) groups is 1. The molecule has 2 bridgehead atoms. The average Bonchev–Trinajstić information content (AvgIpc) is 2.95. The van der Waals surface area contributed by atoms with Gasteiger partial charge in [-0.1, -0.05) is 6.42 Å². The topological polar surface area (TPSA) is 119 Å². The molecule has 2 aliphatic rings. The molecule has 1 aromatic rings. The van der Waals surface area contributed by atoms with Gasteiger partial charge in [0.15, 0.2) is 0 Å². The van der Waals surface area contributed by atoms with Gasteiger partial charge in [0.1, 0.15) is 4.90 Å². The highest BCUT2D eigenvalue weighted by Crippen LogP contribution is 2.39. The minimum atomic E-state index is -3.77. The SMILES string of the molecule is CC(NS(=O)(=O)c1cnn(C)c1)C(=O)NC1C2CCCC1CC(N)C2. The Morgan fingerprint density at radius 2 is 2.00 bits per heavy atom. The highest BCUT2D eigenvalue weighted by atomic mass is 32.2. The molecule has 0 spiro atoms. The predicted molar refractivity (Wildman–Crippen MR) is 93.0 cm³/mol. The lowest BCUT2D eigenvalue weighted by Crippen LogP contribution is -2.57. The number of hydrogen-bond donors (Lipinski definition) is 3. The van der Waals surface area contributed by atoms with Crippen molar-refractivity contribution in [2.24, 2.45) is 24.6 Å². The zero-order valence-corrected chi connectivity index (χ0v) is 15.5. The molecule has 0 aromatic carbocycles. The molecule has 3 rings (SSSR count). The maximum atomic E-state index is 12.5. The fraction of sp³-hybridized carbons (Fsp3) is 0.750. The monoisotopic (exact) mass is 369 g/mol. The predicted octanol–water partition coefficient (Wildman–Crippen LogP) is 0.109. The molecule has 25 heavy (non-hydrogen) atoms. The van der Waals surface area contributed by atoms with Crippen molar-refractivity contribution in [3.05, 3.63) is 12.4 Å². The quantitative estimate of drug-likeness (QED) is 0.680. The van der Waals surface area contributed by atoms with Crippen molar-refractivity contribution >= 4 is 15.9 Å². The summed E-state index contributed by atoms with van der Waals surface area (Å²) in [6, 6.07) is -0.530. The summed E-state index contributed by atoms with van der Waals surface area (Å²) in [5, 5.41) is 6.94. The average molecular weight is 369 g/mol. The molecule has 9 heteroatoms. The first-order chi connectivity index (χ1) is 11.8. The molecule has 1 aromatic heterocycles. The van der Waals surface area contributed by atoms with Crippen molar-refractivity contribution in [1.29, 1.82) is 0 Å². The molecule has 3 atom stereocenters. The molecule has 0 aliphatic heterocycles. The second-order valence-corrected chi connectivity index (χ2v) is 9.12. The van der Waals surface area contributed by atoms with Crippen molar-refractivity contribution in [3.63, 3.8) is 0 Å². The first kappa shape index (κ1) is 18.3. The largest absolute Gasteiger partial charge is 0.351 e. The number of carbonyl (C=O) groups excluding carboxylic acids is 1. The zero-order valence-electron chi connectivity index (χ0n) is 14.7. The van der Waals surface area contributed by atoms with Crippen LogP contribution in [-0.2, 0) is 21.9 Å². The summed E-state index contributed by atoms with van der Waals surface area (Å²) in [5.41, 5.74) is 6.12. The Kier molecular flexibility index (Phi) is 5.17. The van der Waals surface area contributed by atoms with Crippen molar-refractivity contribution < 1.29 is 13.2 Å². The molecular formula is C16H27N5O3S. The first-order valence-corrected chi connectivity index (χ1v) is 10.3. The van der Waals surface area contributed by atoms with Gasteiger partial charge < -0.3 is 11.1 Å². The minimum Gasteiger partial charge on any atom is -0.351 e. The van der Waals surface area contributed by atoms with Crippen LogP contribution in [0.15, 0.2) is 17.3 Å². The molecule has 140 valence electrons. The van der Waals surface area contributed by atoms with Crippen LogP contribution in [0, 0.1) is 11.8 Å². The number of amides is 1. The third-order valence-corrected chi connectivity index (χ3v) is 6.90. The van der Waals surface area contributed by atoms with Crippen molar-refractivity contribution in [1.82, 2.24) is 19.8 Å². The van der Waals surface area contributed by atoms with Gasteiger partial charge in [-0.15, -0.1) is 0 Å². The van der Waals surface area contributed by atoms with Gasteiger partial charge in [-0.2, -0.15) is 9.82 Å². The summed E-state index contributed by atoms with van der Waals surface area (Å²) in [5.74, 6) is 0.506. The molecule has 2 fully saturated rings. The van der Waals surface area contributed by atoms with Gasteiger partial charge in [-0.25, -0.2) is 8.42 Å². The Morgan fingerprint density at radius 1 is 1.36 bits per heavy atom. The van der Waals surface area contributed by atoms with E-state index in [1.54, 1.807) is 14.0 Å². The van der Waals surface area contributed by atoms with E-state index in [0.717, 1.165) is 25.7 Å². The van der Waals surface area contributed by atoms with Crippen molar-refractivity contribution in [2.45, 2.75) is 62.0 Å². The number of hydrogen-bond acceptors (Lipinski definition) is 5. The summed E-state index contributed by atoms with van der Waals surface area (Å²) in [6.07, 6.45) is 7.85. The zero-order chi connectivity index (χ0) is 18.2. The molecule has 3 unspecified atom stereocenters. The Balaban J connectivity index is 1.63. The van der Waals surface area contributed by atoms with E-state index < -0.39 is 16.1 Å². The number of sulfonamides is 1. The molecule has 0 saturated heterocycles. The summed E-state index contributed by atoms with van der Waals surface area (Å²) in [4.78, 5) is 12.6. The van der Waals surface area contributed by atoms with E-state index in [2.05, 4.69) is 15.1 Å². The molecule has 2 saturated carbocycles. The number of fused-ring (bicyclic) bond motifs is 2. The number of aryl methyl sites for hydroxylation is 1. The van der Waals surface area contributed by atoms with Crippen LogP contribution in [0.4, 0.5) is 0 Å². The minimum absolute atomic E-state index is 0.0511. The van der Waals surface area contributed by atoms with Crippen molar-refractivity contribution in [3.8, 4) is 0 Å². The van der Waals surface area contributed by atoms with Crippen LogP contribution in [0.1, 0.15) is 39.0 Å². The number of aromatic nitrogens is 2. The van der Waals surface area contributed by atoms with Crippen LogP contribution in [-0.4, -0.2) is 42.2 Å². The summed E-state index contributed by atoms with van der Waals surface area (Å²) in [7, 11) is -2.13. The number of nitrogens with two attached hydrogens (primary N) is 1. The normalized spacial score (nSPS) is 30.7. The van der Waals surface area contributed by atoms with E-state index in [9.17, 15) is 13.2 Å². The van der Waals surface area contributed by atoms with Gasteiger partial charge in [0.05, 0.1) is 12.2 Å². The number of nitrogens with one attached hydrogen (secondary N) is 2. The van der Waals surface area contributed by atoms with E-state index in [0.29, 0.717) is 11.8 Å². The molecular weight excluding hydrogens is 342 g/mol. The fourth-order valence-corrected chi connectivity index (χ4v) is 5.39. The summed E-state index contributed by atoms with van der Waals surface area (Å²) in [6.45, 7) is 1.56. The molecule has 0 radical (unpaired) electrons. The second kappa shape index (κ2) is 7.05. The standard InChI is InChI=1S/C16H27N5O3S/c1-10(20-25(23,24)14-8-18-21(2)9-14)16(22)19-15-11-4-3-5-12(15)7-13(17)6-11/h8-13,15,20H,3-7,17H2,1-2H3,(H,19,22). The maximum Gasteiger partial charge on any atom is 0.244 e. The van der Waals surface area contributed by atoms with Crippen LogP contribution < -0.4 is 15.8 Å². The smallest absolute Gasteiger partial charge is 0.244 e. The fourth-order valence-electron chi connectivity index (χ4n) is 4.21. The summed E-state index contributed by atoms with van der Waals surface area (Å²) >= 11 is 0. The Morgan fingerprint density at radius 3 is 2.56 bits per heavy atom. The van der Waals surface area contributed by atoms with Gasteiger partial charge >= 0.3 is 0 Å². The van der Waals surface area contributed by atoms with E-state index in [-0.39, 0.29) is 22.9 Å². The molecule has 2 aliphatic carbocycles. The van der Waals surface area contributed by atoms with Crippen LogP contribution in [0.5, 0.6) is 0 Å². The Labute approximate surface area is 148 Å². The van der Waals surface area contributed by atoms with Gasteiger partial charge in [-0.3, -0.25) is 9.48 Å². The van der Waals surface area contributed by atoms with Crippen LogP contribution in [0.3, 0.4) is 0 Å². The molecule has 1 heterocycles. The Hall–Kier alpha value is -1.45. The lowest BCUT2D eigenvalue weighted by atomic mass is 9.67. The van der Waals surface area contributed by atoms with E-state index in [1.165, 1.54) is 23.5 Å². The number of nitrogens with zero attached hydrogens (tertiary/aromatic N) is 2. The van der Waals surface area contributed by atoms with Gasteiger partial charge in [0, 0.05) is 25.3 Å². The van der Waals surface area contributed by atoms with Crippen LogP contribution in [0.25, 0.3) is 0 Å². The molecule has 1 amide bonds. The van der Waals surface area contributed by atoms with Gasteiger partial charge in [-0.05, 0) is 44.4 Å². The van der Waals surface area contributed by atoms with E-state index in [1.807, 2.05) is 0 Å². The van der Waals surface area contributed by atoms with Gasteiger partial charge in [0.25, 0.3) is 0 Å². The summed E-state index contributed by atoms with van der Waals surface area (Å²) < 4.78 is 28.5. The van der Waals surface area contributed by atoms with Crippen LogP contribution >= 0.6 is 0 Å². The molecule has 4 N–H and O–H groups in total. The third-order valence-electron chi connectivity index (χ3n) is 5.40. The van der Waals surface area contributed by atoms with Crippen LogP contribution in [0.2, 0.25) is 0 Å². The van der Waals surface area contributed by atoms with Gasteiger partial charge in [0.2, 0.25) is 15.9 Å².